The first-order valence-corrected chi connectivity index (χ1v) is 5.48. The summed E-state index contributed by atoms with van der Waals surface area (Å²) in [5, 5.41) is 15.4. The highest BCUT2D eigenvalue weighted by Crippen LogP contribution is 2.28. The molecule has 0 atom stereocenters. The Morgan fingerprint density at radius 2 is 2.05 bits per heavy atom. The average molecular weight is 273 g/mol. The third-order valence-corrected chi connectivity index (χ3v) is 2.20. The molecule has 1 aromatic carbocycles. The lowest BCUT2D eigenvalue weighted by atomic mass is 10.2. The van der Waals surface area contributed by atoms with Crippen LogP contribution in [0.25, 0.3) is 0 Å². The first kappa shape index (κ1) is 15.0. The van der Waals surface area contributed by atoms with E-state index in [1.165, 1.54) is 0 Å². The summed E-state index contributed by atoms with van der Waals surface area (Å²) in [4.78, 5) is 21.3. The molecule has 8 heteroatoms. The molecule has 1 amide bonds. The first-order valence-electron chi connectivity index (χ1n) is 5.48. The van der Waals surface area contributed by atoms with Crippen LogP contribution in [0.15, 0.2) is 12.1 Å². The van der Waals surface area contributed by atoms with E-state index < -0.39 is 33.8 Å². The number of hydrogen-bond donors (Lipinski definition) is 2. The van der Waals surface area contributed by atoms with Crippen molar-refractivity contribution in [2.24, 2.45) is 0 Å². The van der Waals surface area contributed by atoms with E-state index in [1.807, 2.05) is 5.32 Å². The van der Waals surface area contributed by atoms with Gasteiger partial charge in [-0.3, -0.25) is 14.9 Å². The molecule has 19 heavy (non-hydrogen) atoms. The zero-order chi connectivity index (χ0) is 14.6. The lowest BCUT2D eigenvalue weighted by Gasteiger charge is -2.10. The quantitative estimate of drug-likeness (QED) is 0.633. The number of nitro groups is 1. The van der Waals surface area contributed by atoms with E-state index >= 15 is 0 Å². The second-order valence-corrected chi connectivity index (χ2v) is 4.10. The maximum atomic E-state index is 13.5. The summed E-state index contributed by atoms with van der Waals surface area (Å²) in [6.07, 6.45) is 0. The topological polar surface area (TPSA) is 84.3 Å². The van der Waals surface area contributed by atoms with E-state index in [9.17, 15) is 23.7 Å². The zero-order valence-electron chi connectivity index (χ0n) is 10.4. The van der Waals surface area contributed by atoms with Gasteiger partial charge >= 0.3 is 0 Å². The number of amides is 1. The minimum Gasteiger partial charge on any atom is -0.317 e. The molecule has 0 aromatic heterocycles. The number of carbonyl (C=O) groups is 1. The highest BCUT2D eigenvalue weighted by molar-refractivity contribution is 5.94. The second kappa shape index (κ2) is 6.19. The van der Waals surface area contributed by atoms with Crippen molar-refractivity contribution in [3.05, 3.63) is 33.9 Å². The van der Waals surface area contributed by atoms with Gasteiger partial charge in [0.2, 0.25) is 5.91 Å². The van der Waals surface area contributed by atoms with Gasteiger partial charge in [0.05, 0.1) is 11.5 Å². The van der Waals surface area contributed by atoms with E-state index in [2.05, 4.69) is 5.32 Å². The van der Waals surface area contributed by atoms with Crippen molar-refractivity contribution in [2.75, 3.05) is 11.9 Å². The molecule has 104 valence electrons. The molecule has 0 aliphatic heterocycles. The van der Waals surface area contributed by atoms with Gasteiger partial charge in [-0.05, 0) is 6.07 Å². The van der Waals surface area contributed by atoms with Gasteiger partial charge < -0.3 is 10.6 Å². The average Bonchev–Trinajstić information content (AvgIpc) is 2.32. The van der Waals surface area contributed by atoms with Gasteiger partial charge in [0.15, 0.2) is 17.3 Å². The normalized spacial score (nSPS) is 10.6. The monoisotopic (exact) mass is 273 g/mol. The third kappa shape index (κ3) is 3.95. The molecule has 0 spiro atoms. The highest BCUT2D eigenvalue weighted by atomic mass is 19.2. The van der Waals surface area contributed by atoms with Crippen molar-refractivity contribution in [1.29, 1.82) is 0 Å². The maximum absolute atomic E-state index is 13.5. The molecule has 0 saturated heterocycles. The Morgan fingerprint density at radius 1 is 1.42 bits per heavy atom. The number of anilines is 1. The molecule has 0 saturated carbocycles. The van der Waals surface area contributed by atoms with Crippen LogP contribution in [0.1, 0.15) is 13.8 Å². The summed E-state index contributed by atoms with van der Waals surface area (Å²) < 4.78 is 26.5. The summed E-state index contributed by atoms with van der Waals surface area (Å²) >= 11 is 0. The number of nitrogens with one attached hydrogen (secondary N) is 2. The van der Waals surface area contributed by atoms with Gasteiger partial charge in [-0.1, -0.05) is 13.8 Å². The molecular formula is C11H13F2N3O3. The lowest BCUT2D eigenvalue weighted by molar-refractivity contribution is -0.384. The number of hydrogen-bond acceptors (Lipinski definition) is 4. The van der Waals surface area contributed by atoms with Gasteiger partial charge in [0.1, 0.15) is 0 Å². The summed E-state index contributed by atoms with van der Waals surface area (Å²) in [6, 6.07) is 1.44. The highest BCUT2D eigenvalue weighted by Gasteiger charge is 2.23. The van der Waals surface area contributed by atoms with Crippen molar-refractivity contribution < 1.29 is 18.5 Å². The van der Waals surface area contributed by atoms with Gasteiger partial charge in [-0.25, -0.2) is 8.78 Å². The molecule has 1 rings (SSSR count). The van der Waals surface area contributed by atoms with Crippen molar-refractivity contribution in [3.63, 3.8) is 0 Å². The molecule has 0 heterocycles. The third-order valence-electron chi connectivity index (χ3n) is 2.20. The van der Waals surface area contributed by atoms with Crippen molar-refractivity contribution in [3.8, 4) is 0 Å². The fourth-order valence-corrected chi connectivity index (χ4v) is 1.29. The Labute approximate surface area is 108 Å². The SMILES string of the molecule is CC(C)NCC(=O)Nc1c([N+](=O)[O-])ccc(F)c1F. The molecule has 0 unspecified atom stereocenters. The van der Waals surface area contributed by atoms with Crippen LogP contribution in [0.4, 0.5) is 20.2 Å². The van der Waals surface area contributed by atoms with Gasteiger partial charge in [-0.2, -0.15) is 0 Å². The number of halogens is 2. The first-order chi connectivity index (χ1) is 8.82. The number of nitrogens with zero attached hydrogens (tertiary/aromatic N) is 1. The van der Waals surface area contributed by atoms with Crippen LogP contribution in [-0.2, 0) is 4.79 Å². The molecular weight excluding hydrogens is 260 g/mol. The summed E-state index contributed by atoms with van der Waals surface area (Å²) in [5.74, 6) is -3.41. The molecule has 0 bridgehead atoms. The van der Waals surface area contributed by atoms with E-state index in [-0.39, 0.29) is 12.6 Å². The van der Waals surface area contributed by atoms with Crippen LogP contribution in [0.5, 0.6) is 0 Å². The van der Waals surface area contributed by atoms with Gasteiger partial charge in [0.25, 0.3) is 5.69 Å². The molecule has 1 aromatic rings. The summed E-state index contributed by atoms with van der Waals surface area (Å²) in [6.45, 7) is 3.42. The molecule has 0 aliphatic carbocycles. The fourth-order valence-electron chi connectivity index (χ4n) is 1.29. The van der Waals surface area contributed by atoms with Crippen LogP contribution in [0, 0.1) is 21.7 Å². The van der Waals surface area contributed by atoms with Gasteiger partial charge in [0, 0.05) is 12.1 Å². The summed E-state index contributed by atoms with van der Waals surface area (Å²) in [7, 11) is 0. The summed E-state index contributed by atoms with van der Waals surface area (Å²) in [5.41, 5.74) is -1.46. The number of rotatable bonds is 5. The Balaban J connectivity index is 2.96. The van der Waals surface area contributed by atoms with Crippen LogP contribution in [0.2, 0.25) is 0 Å². The predicted octanol–water partition coefficient (Wildman–Crippen LogP) is 1.81. The predicted molar refractivity (Wildman–Crippen MR) is 64.8 cm³/mol. The van der Waals surface area contributed by atoms with Crippen molar-refractivity contribution in [2.45, 2.75) is 19.9 Å². The minimum atomic E-state index is -1.45. The van der Waals surface area contributed by atoms with Crippen LogP contribution < -0.4 is 10.6 Å². The van der Waals surface area contributed by atoms with E-state index in [4.69, 9.17) is 0 Å². The second-order valence-electron chi connectivity index (χ2n) is 4.10. The Hall–Kier alpha value is -2.09. The van der Waals surface area contributed by atoms with Crippen LogP contribution in [-0.4, -0.2) is 23.4 Å². The largest absolute Gasteiger partial charge is 0.317 e. The smallest absolute Gasteiger partial charge is 0.296 e. The molecule has 0 radical (unpaired) electrons. The number of nitro benzene ring substituents is 1. The number of carbonyl (C=O) groups excluding carboxylic acids is 1. The molecule has 0 aliphatic rings. The molecule has 2 N–H and O–H groups in total. The number of benzene rings is 1. The maximum Gasteiger partial charge on any atom is 0.296 e. The Bertz CT molecular complexity index is 506. The Kier molecular flexibility index (Phi) is 4.87. The van der Waals surface area contributed by atoms with Crippen LogP contribution in [0.3, 0.4) is 0 Å². The minimum absolute atomic E-state index is 0.0121. The van der Waals surface area contributed by atoms with Crippen molar-refractivity contribution in [1.82, 2.24) is 5.32 Å². The Morgan fingerprint density at radius 3 is 2.58 bits per heavy atom. The zero-order valence-corrected chi connectivity index (χ0v) is 10.4. The van der Waals surface area contributed by atoms with E-state index in [1.54, 1.807) is 13.8 Å². The molecule has 6 nitrogen and oxygen atoms in total. The standard InChI is InChI=1S/C11H13F2N3O3/c1-6(2)14-5-9(17)15-11-8(16(18)19)4-3-7(12)10(11)13/h3-4,6,14H,5H2,1-2H3,(H,15,17). The van der Waals surface area contributed by atoms with E-state index in [0.29, 0.717) is 6.07 Å². The van der Waals surface area contributed by atoms with Crippen molar-refractivity contribution >= 4 is 17.3 Å². The van der Waals surface area contributed by atoms with Gasteiger partial charge in [-0.15, -0.1) is 0 Å². The van der Waals surface area contributed by atoms with E-state index in [0.717, 1.165) is 6.07 Å². The fraction of sp³-hybridized carbons (Fsp3) is 0.364. The lowest BCUT2D eigenvalue weighted by Crippen LogP contribution is -2.33. The molecule has 0 fully saturated rings. The van der Waals surface area contributed by atoms with Crippen LogP contribution >= 0.6 is 0 Å².